The van der Waals surface area contributed by atoms with Crippen LogP contribution in [0.5, 0.6) is 0 Å². The molecule has 3 saturated heterocycles. The number of carbonyl (C=O) groups is 1. The Bertz CT molecular complexity index is 1270. The van der Waals surface area contributed by atoms with Gasteiger partial charge in [0.05, 0.1) is 47.6 Å². The summed E-state index contributed by atoms with van der Waals surface area (Å²) in [4.78, 5) is 16.3. The molecule has 3 aliphatic rings. The Morgan fingerprint density at radius 3 is 2.09 bits per heavy atom. The lowest BCUT2D eigenvalue weighted by Gasteiger charge is -2.50. The maximum Gasteiger partial charge on any atom is 0.311 e. The van der Waals surface area contributed by atoms with Crippen LogP contribution in [0.15, 0.2) is 0 Å². The Labute approximate surface area is 342 Å². The number of hydrogen-bond donors (Lipinski definition) is 7. The Hall–Kier alpha value is -1.05. The fourth-order valence-electron chi connectivity index (χ4n) is 9.44. The van der Waals surface area contributed by atoms with E-state index in [0.29, 0.717) is 13.0 Å². The molecule has 0 spiro atoms. The molecule has 0 radical (unpaired) electrons. The van der Waals surface area contributed by atoms with E-state index in [1.165, 1.54) is 14.0 Å². The van der Waals surface area contributed by atoms with Gasteiger partial charge >= 0.3 is 5.97 Å². The average molecular weight is 821 g/mol. The molecule has 2 unspecified atom stereocenters. The minimum atomic E-state index is -1.89. The lowest BCUT2D eigenvalue weighted by molar-refractivity contribution is -0.318. The van der Waals surface area contributed by atoms with E-state index in [1.807, 2.05) is 60.5 Å². The van der Waals surface area contributed by atoms with Gasteiger partial charge in [0, 0.05) is 56.0 Å². The molecule has 0 saturated carbocycles. The van der Waals surface area contributed by atoms with Crippen molar-refractivity contribution in [1.29, 1.82) is 0 Å². The number of nitrogens with one attached hydrogen (secondary N) is 1. The molecule has 57 heavy (non-hydrogen) atoms. The first-order valence-corrected chi connectivity index (χ1v) is 21.0. The van der Waals surface area contributed by atoms with E-state index in [0.717, 1.165) is 0 Å². The quantitative estimate of drug-likeness (QED) is 0.149. The first kappa shape index (κ1) is 50.3. The lowest BCUT2D eigenvalue weighted by Crippen LogP contribution is -2.62. The SMILES string of the molecule is CCC1OC(=O)[C@H](C)C(O[C@H]2C[C@@](C)(OC)[C@@H](O)[C@H](C)O2)[C@H](C)[C@@H](O[C@@H]2O[C@H](C)C[C@H](N(C)C)[C@H]2O)[C@](C)(O)C[C@@H](C)[C@H](NCC(C)(C)CO)[C@H](C)[C@@H](O)[C@]1(C)O. The first-order valence-electron chi connectivity index (χ1n) is 21.0. The third-order valence-corrected chi connectivity index (χ3v) is 13.4. The molecular weight excluding hydrogens is 740 g/mol. The molecule has 0 aromatic heterocycles. The highest BCUT2D eigenvalue weighted by molar-refractivity contribution is 5.73. The molecule has 0 bridgehead atoms. The average Bonchev–Trinajstić information content (AvgIpc) is 3.13. The number of ether oxygens (including phenoxy) is 6. The molecule has 15 nitrogen and oxygen atoms in total. The highest BCUT2D eigenvalue weighted by Gasteiger charge is 2.53. The van der Waals surface area contributed by atoms with Gasteiger partial charge in [-0.3, -0.25) is 4.79 Å². The van der Waals surface area contributed by atoms with Crippen molar-refractivity contribution in [3.8, 4) is 0 Å². The molecule has 3 aliphatic heterocycles. The van der Waals surface area contributed by atoms with E-state index in [4.69, 9.17) is 28.4 Å². The van der Waals surface area contributed by atoms with Crippen molar-refractivity contribution in [3.05, 3.63) is 0 Å². The molecule has 3 fully saturated rings. The molecule has 0 aromatic carbocycles. The molecule has 19 atom stereocenters. The van der Waals surface area contributed by atoms with Crippen LogP contribution in [0.2, 0.25) is 0 Å². The first-order chi connectivity index (χ1) is 26.2. The number of hydrogen-bond acceptors (Lipinski definition) is 15. The Morgan fingerprint density at radius 2 is 1.54 bits per heavy atom. The summed E-state index contributed by atoms with van der Waals surface area (Å²) < 4.78 is 37.8. The summed E-state index contributed by atoms with van der Waals surface area (Å²) in [6.45, 7) is 21.5. The second kappa shape index (κ2) is 19.8. The molecule has 0 amide bonds. The van der Waals surface area contributed by atoms with Crippen LogP contribution in [-0.4, -0.2) is 166 Å². The third-order valence-electron chi connectivity index (χ3n) is 13.4. The zero-order valence-corrected chi connectivity index (χ0v) is 37.5. The predicted octanol–water partition coefficient (Wildman–Crippen LogP) is 2.19. The van der Waals surface area contributed by atoms with Gasteiger partial charge in [-0.15, -0.1) is 0 Å². The number of likely N-dealkylation sites (N-methyl/N-ethyl adjacent to an activating group) is 1. The standard InChI is InChI=1S/C42H80N2O13/c1-16-29-42(12,51)34(47)24(4)31(43-20-39(8,9)21-45)22(2)18-40(10,50)36(57-38-32(46)28(44(13)14)17-23(3)53-38)25(5)33(26(6)37(49)55-29)56-30-19-41(11,52-15)35(48)27(7)54-30/h22-36,38,43,45-48,50-51H,16-21H2,1-15H3/t22-,23-,24+,25+,26-,27+,28+,29?,30+,31+,32-,33?,34-,35+,36-,38+,40-,41-,42-/m1/s1. The van der Waals surface area contributed by atoms with Crippen LogP contribution >= 0.6 is 0 Å². The highest BCUT2D eigenvalue weighted by atomic mass is 16.7. The number of esters is 1. The maximum atomic E-state index is 14.4. The van der Waals surface area contributed by atoms with E-state index in [1.54, 1.807) is 34.6 Å². The van der Waals surface area contributed by atoms with Gasteiger partial charge in [-0.25, -0.2) is 0 Å². The molecule has 3 heterocycles. The van der Waals surface area contributed by atoms with Crippen molar-refractivity contribution < 1.29 is 63.9 Å². The van der Waals surface area contributed by atoms with E-state index in [-0.39, 0.29) is 43.9 Å². The largest absolute Gasteiger partial charge is 0.459 e. The summed E-state index contributed by atoms with van der Waals surface area (Å²) in [6, 6.07) is -0.830. The van der Waals surface area contributed by atoms with Crippen LogP contribution in [0, 0.1) is 29.1 Å². The molecule has 3 rings (SSSR count). The van der Waals surface area contributed by atoms with Crippen LogP contribution in [0.25, 0.3) is 0 Å². The van der Waals surface area contributed by atoms with Crippen LogP contribution in [-0.2, 0) is 33.2 Å². The molecule has 0 aromatic rings. The number of aliphatic hydroxyl groups is 6. The van der Waals surface area contributed by atoms with Crippen molar-refractivity contribution >= 4 is 5.97 Å². The molecular formula is C42H80N2O13. The van der Waals surface area contributed by atoms with Gasteiger partial charge < -0.3 is 69.3 Å². The summed E-state index contributed by atoms with van der Waals surface area (Å²) in [7, 11) is 5.25. The monoisotopic (exact) mass is 821 g/mol. The number of carbonyl (C=O) groups excluding carboxylic acids is 1. The van der Waals surface area contributed by atoms with Gasteiger partial charge in [0.2, 0.25) is 0 Å². The van der Waals surface area contributed by atoms with Gasteiger partial charge in [0.15, 0.2) is 12.6 Å². The molecule has 15 heteroatoms. The van der Waals surface area contributed by atoms with Gasteiger partial charge in [0.25, 0.3) is 0 Å². The summed E-state index contributed by atoms with van der Waals surface area (Å²) in [5, 5.41) is 73.1. The van der Waals surface area contributed by atoms with Gasteiger partial charge in [-0.2, -0.15) is 0 Å². The number of rotatable bonds is 11. The van der Waals surface area contributed by atoms with Crippen molar-refractivity contribution in [2.45, 2.75) is 199 Å². The highest BCUT2D eigenvalue weighted by Crippen LogP contribution is 2.41. The Balaban J connectivity index is 2.24. The summed E-state index contributed by atoms with van der Waals surface area (Å²) >= 11 is 0. The second-order valence-corrected chi connectivity index (χ2v) is 19.4. The summed E-state index contributed by atoms with van der Waals surface area (Å²) in [6.07, 6.45) is -8.90. The van der Waals surface area contributed by atoms with Gasteiger partial charge in [-0.05, 0) is 80.8 Å². The number of aliphatic hydroxyl groups excluding tert-OH is 4. The van der Waals surface area contributed by atoms with Crippen LogP contribution in [0.4, 0.5) is 0 Å². The van der Waals surface area contributed by atoms with Crippen molar-refractivity contribution in [3.63, 3.8) is 0 Å². The zero-order valence-electron chi connectivity index (χ0n) is 37.5. The predicted molar refractivity (Wildman–Crippen MR) is 214 cm³/mol. The third kappa shape index (κ3) is 11.7. The van der Waals surface area contributed by atoms with E-state index in [9.17, 15) is 35.4 Å². The fourth-order valence-corrected chi connectivity index (χ4v) is 9.44. The smallest absolute Gasteiger partial charge is 0.311 e. The Kier molecular flexibility index (Phi) is 17.4. The molecule has 0 aliphatic carbocycles. The topological polar surface area (TPSA) is 209 Å². The fraction of sp³-hybridized carbons (Fsp3) is 0.976. The van der Waals surface area contributed by atoms with E-state index < -0.39 is 107 Å². The van der Waals surface area contributed by atoms with Crippen molar-refractivity contribution in [2.75, 3.05) is 34.4 Å². The number of methoxy groups -OCH3 is 1. The minimum absolute atomic E-state index is 0.0988. The summed E-state index contributed by atoms with van der Waals surface area (Å²) in [5.41, 5.74) is -5.15. The number of nitrogens with zero attached hydrogens (tertiary/aromatic N) is 1. The molecule has 7 N–H and O–H groups in total. The van der Waals surface area contributed by atoms with Crippen LogP contribution in [0.1, 0.15) is 109 Å². The summed E-state index contributed by atoms with van der Waals surface area (Å²) in [5.74, 6) is -3.57. The minimum Gasteiger partial charge on any atom is -0.459 e. The normalized spacial score (nSPS) is 47.4. The van der Waals surface area contributed by atoms with Crippen molar-refractivity contribution in [1.82, 2.24) is 10.2 Å². The van der Waals surface area contributed by atoms with Crippen LogP contribution in [0.3, 0.4) is 0 Å². The van der Waals surface area contributed by atoms with Crippen molar-refractivity contribution in [2.24, 2.45) is 29.1 Å². The number of cyclic esters (lactones) is 1. The Morgan fingerprint density at radius 1 is 0.930 bits per heavy atom. The van der Waals surface area contributed by atoms with Crippen LogP contribution < -0.4 is 5.32 Å². The molecule has 336 valence electrons. The van der Waals surface area contributed by atoms with Gasteiger partial charge in [0.1, 0.15) is 23.9 Å². The maximum absolute atomic E-state index is 14.4. The zero-order chi connectivity index (χ0) is 43.6. The van der Waals surface area contributed by atoms with E-state index >= 15 is 0 Å². The lowest BCUT2D eigenvalue weighted by atomic mass is 9.72. The van der Waals surface area contributed by atoms with E-state index in [2.05, 4.69) is 5.32 Å². The van der Waals surface area contributed by atoms with Gasteiger partial charge in [-0.1, -0.05) is 41.5 Å². The second-order valence-electron chi connectivity index (χ2n) is 19.4.